The maximum atomic E-state index is 11.8. The SMILES string of the molecule is CCC(C)C(O)CNC(=O)c1cccc([N+](=O)[O-])c1. The summed E-state index contributed by atoms with van der Waals surface area (Å²) in [4.78, 5) is 21.8. The summed E-state index contributed by atoms with van der Waals surface area (Å²) in [6, 6.07) is 5.49. The van der Waals surface area contributed by atoms with E-state index in [0.717, 1.165) is 6.42 Å². The highest BCUT2D eigenvalue weighted by atomic mass is 16.6. The first kappa shape index (κ1) is 15.1. The standard InChI is InChI=1S/C13H18N2O4/c1-3-9(2)12(16)8-14-13(17)10-5-4-6-11(7-10)15(18)19/h4-7,9,12,16H,3,8H2,1-2H3,(H,14,17). The Morgan fingerprint density at radius 3 is 2.79 bits per heavy atom. The quantitative estimate of drug-likeness (QED) is 0.605. The molecule has 1 rings (SSSR count). The van der Waals surface area contributed by atoms with Gasteiger partial charge in [0.1, 0.15) is 0 Å². The summed E-state index contributed by atoms with van der Waals surface area (Å²) in [5.74, 6) is -0.337. The molecule has 1 amide bonds. The van der Waals surface area contributed by atoms with Crippen LogP contribution in [-0.4, -0.2) is 28.6 Å². The van der Waals surface area contributed by atoms with E-state index in [4.69, 9.17) is 0 Å². The lowest BCUT2D eigenvalue weighted by molar-refractivity contribution is -0.384. The molecular weight excluding hydrogens is 248 g/mol. The van der Waals surface area contributed by atoms with Crippen molar-refractivity contribution in [1.82, 2.24) is 5.32 Å². The molecule has 1 aromatic carbocycles. The fourth-order valence-corrected chi connectivity index (χ4v) is 1.53. The lowest BCUT2D eigenvalue weighted by Gasteiger charge is -2.17. The first-order chi connectivity index (χ1) is 8.95. The van der Waals surface area contributed by atoms with Crippen molar-refractivity contribution in [3.63, 3.8) is 0 Å². The minimum absolute atomic E-state index is 0.0883. The number of benzene rings is 1. The van der Waals surface area contributed by atoms with Crippen molar-refractivity contribution in [1.29, 1.82) is 0 Å². The van der Waals surface area contributed by atoms with Crippen LogP contribution in [0.3, 0.4) is 0 Å². The van der Waals surface area contributed by atoms with Crippen molar-refractivity contribution >= 4 is 11.6 Å². The van der Waals surface area contributed by atoms with Crippen LogP contribution in [0.4, 0.5) is 5.69 Å². The van der Waals surface area contributed by atoms with Crippen LogP contribution in [0.5, 0.6) is 0 Å². The Labute approximate surface area is 111 Å². The lowest BCUT2D eigenvalue weighted by Crippen LogP contribution is -2.35. The molecular formula is C13H18N2O4. The monoisotopic (exact) mass is 266 g/mol. The molecule has 0 heterocycles. The highest BCUT2D eigenvalue weighted by Gasteiger charge is 2.15. The normalized spacial score (nSPS) is 13.6. The van der Waals surface area contributed by atoms with E-state index >= 15 is 0 Å². The van der Waals surface area contributed by atoms with Gasteiger partial charge in [-0.25, -0.2) is 0 Å². The molecule has 2 atom stereocenters. The van der Waals surface area contributed by atoms with E-state index < -0.39 is 16.9 Å². The van der Waals surface area contributed by atoms with Gasteiger partial charge in [0.2, 0.25) is 0 Å². The molecule has 0 saturated heterocycles. The minimum atomic E-state index is -0.618. The predicted molar refractivity (Wildman–Crippen MR) is 70.9 cm³/mol. The molecule has 19 heavy (non-hydrogen) atoms. The first-order valence-corrected chi connectivity index (χ1v) is 6.16. The first-order valence-electron chi connectivity index (χ1n) is 6.16. The number of nitro benzene ring substituents is 1. The van der Waals surface area contributed by atoms with E-state index in [-0.39, 0.29) is 23.7 Å². The fourth-order valence-electron chi connectivity index (χ4n) is 1.53. The second-order valence-corrected chi connectivity index (χ2v) is 4.47. The summed E-state index contributed by atoms with van der Waals surface area (Å²) in [6.45, 7) is 3.98. The zero-order valence-corrected chi connectivity index (χ0v) is 11.0. The summed E-state index contributed by atoms with van der Waals surface area (Å²) in [5.41, 5.74) is 0.0840. The second-order valence-electron chi connectivity index (χ2n) is 4.47. The number of hydrogen-bond acceptors (Lipinski definition) is 4. The Morgan fingerprint density at radius 1 is 1.53 bits per heavy atom. The topological polar surface area (TPSA) is 92.5 Å². The van der Waals surface area contributed by atoms with E-state index in [9.17, 15) is 20.0 Å². The number of nitrogens with one attached hydrogen (secondary N) is 1. The molecule has 2 unspecified atom stereocenters. The Hall–Kier alpha value is -1.95. The van der Waals surface area contributed by atoms with Gasteiger partial charge in [-0.3, -0.25) is 14.9 Å². The number of aliphatic hydroxyl groups excluding tert-OH is 1. The Morgan fingerprint density at radius 2 is 2.21 bits per heavy atom. The van der Waals surface area contributed by atoms with Gasteiger partial charge in [-0.1, -0.05) is 26.3 Å². The van der Waals surface area contributed by atoms with Gasteiger partial charge < -0.3 is 10.4 Å². The van der Waals surface area contributed by atoms with E-state index in [0.29, 0.717) is 0 Å². The molecule has 0 aliphatic heterocycles. The van der Waals surface area contributed by atoms with Gasteiger partial charge in [-0.2, -0.15) is 0 Å². The fraction of sp³-hybridized carbons (Fsp3) is 0.462. The van der Waals surface area contributed by atoms with Crippen LogP contribution in [0, 0.1) is 16.0 Å². The van der Waals surface area contributed by atoms with Crippen LogP contribution in [0.25, 0.3) is 0 Å². The number of nitro groups is 1. The number of aliphatic hydroxyl groups is 1. The molecule has 6 heteroatoms. The largest absolute Gasteiger partial charge is 0.391 e. The number of amides is 1. The van der Waals surface area contributed by atoms with Crippen molar-refractivity contribution in [2.24, 2.45) is 5.92 Å². The molecule has 0 saturated carbocycles. The number of non-ortho nitro benzene ring substituents is 1. The zero-order chi connectivity index (χ0) is 14.4. The maximum absolute atomic E-state index is 11.8. The molecule has 6 nitrogen and oxygen atoms in total. The molecule has 0 radical (unpaired) electrons. The van der Waals surface area contributed by atoms with Crippen LogP contribution >= 0.6 is 0 Å². The van der Waals surface area contributed by atoms with Gasteiger partial charge in [0.25, 0.3) is 11.6 Å². The molecule has 0 fully saturated rings. The van der Waals surface area contributed by atoms with Crippen LogP contribution in [0.2, 0.25) is 0 Å². The summed E-state index contributed by atoms with van der Waals surface area (Å²) in [6.07, 6.45) is 0.195. The average molecular weight is 266 g/mol. The van der Waals surface area contributed by atoms with Crippen LogP contribution < -0.4 is 5.32 Å². The van der Waals surface area contributed by atoms with Crippen molar-refractivity contribution < 1.29 is 14.8 Å². The van der Waals surface area contributed by atoms with E-state index in [2.05, 4.69) is 5.32 Å². The molecule has 0 spiro atoms. The third-order valence-electron chi connectivity index (χ3n) is 3.09. The molecule has 1 aromatic rings. The number of rotatable bonds is 6. The third kappa shape index (κ3) is 4.33. The van der Waals surface area contributed by atoms with Crippen molar-refractivity contribution in [2.45, 2.75) is 26.4 Å². The highest BCUT2D eigenvalue weighted by molar-refractivity contribution is 5.94. The lowest BCUT2D eigenvalue weighted by atomic mass is 10.0. The van der Waals surface area contributed by atoms with Gasteiger partial charge in [0.15, 0.2) is 0 Å². The minimum Gasteiger partial charge on any atom is -0.391 e. The Kier molecular flexibility index (Phi) is 5.44. The maximum Gasteiger partial charge on any atom is 0.270 e. The smallest absolute Gasteiger partial charge is 0.270 e. The zero-order valence-electron chi connectivity index (χ0n) is 11.0. The van der Waals surface area contributed by atoms with E-state index in [1.54, 1.807) is 0 Å². The van der Waals surface area contributed by atoms with Gasteiger partial charge >= 0.3 is 0 Å². The van der Waals surface area contributed by atoms with Crippen LogP contribution in [0.1, 0.15) is 30.6 Å². The second kappa shape index (κ2) is 6.84. The Balaban J connectivity index is 2.63. The molecule has 0 aliphatic rings. The van der Waals surface area contributed by atoms with Crippen molar-refractivity contribution in [3.05, 3.63) is 39.9 Å². The summed E-state index contributed by atoms with van der Waals surface area (Å²) >= 11 is 0. The number of hydrogen-bond donors (Lipinski definition) is 2. The summed E-state index contributed by atoms with van der Waals surface area (Å²) < 4.78 is 0. The molecule has 0 bridgehead atoms. The molecule has 0 aromatic heterocycles. The van der Waals surface area contributed by atoms with Crippen molar-refractivity contribution in [2.75, 3.05) is 6.54 Å². The summed E-state index contributed by atoms with van der Waals surface area (Å²) in [5, 5.41) is 22.9. The van der Waals surface area contributed by atoms with Crippen LogP contribution in [-0.2, 0) is 0 Å². The van der Waals surface area contributed by atoms with E-state index in [1.807, 2.05) is 13.8 Å². The average Bonchev–Trinajstić information content (AvgIpc) is 2.43. The molecule has 0 aliphatic carbocycles. The third-order valence-corrected chi connectivity index (χ3v) is 3.09. The van der Waals surface area contributed by atoms with Crippen LogP contribution in [0.15, 0.2) is 24.3 Å². The number of carbonyl (C=O) groups excluding carboxylic acids is 1. The van der Waals surface area contributed by atoms with Gasteiger partial charge in [0, 0.05) is 24.2 Å². The summed E-state index contributed by atoms with van der Waals surface area (Å²) in [7, 11) is 0. The predicted octanol–water partition coefficient (Wildman–Crippen LogP) is 1.73. The van der Waals surface area contributed by atoms with Gasteiger partial charge in [0.05, 0.1) is 11.0 Å². The van der Waals surface area contributed by atoms with Gasteiger partial charge in [-0.05, 0) is 12.0 Å². The highest BCUT2D eigenvalue weighted by Crippen LogP contribution is 2.13. The number of nitrogens with zero attached hydrogens (tertiary/aromatic N) is 1. The van der Waals surface area contributed by atoms with Crippen molar-refractivity contribution in [3.8, 4) is 0 Å². The Bertz CT molecular complexity index is 462. The molecule has 2 N–H and O–H groups in total. The van der Waals surface area contributed by atoms with E-state index in [1.165, 1.54) is 24.3 Å². The van der Waals surface area contributed by atoms with Gasteiger partial charge in [-0.15, -0.1) is 0 Å². The number of carbonyl (C=O) groups is 1. The molecule has 104 valence electrons.